The second-order valence-electron chi connectivity index (χ2n) is 4.91. The molecule has 0 aliphatic carbocycles. The van der Waals surface area contributed by atoms with E-state index in [1.165, 1.54) is 0 Å². The predicted molar refractivity (Wildman–Crippen MR) is 98.4 cm³/mol. The van der Waals surface area contributed by atoms with Gasteiger partial charge in [0.25, 0.3) is 0 Å². The number of hydrogen-bond acceptors (Lipinski definition) is 3. The number of carbonyl (C=O) groups is 2. The van der Waals surface area contributed by atoms with Crippen molar-refractivity contribution in [2.75, 3.05) is 17.2 Å². The number of aromatic nitrogens is 1. The van der Waals surface area contributed by atoms with Crippen LogP contribution < -0.4 is 16.0 Å². The summed E-state index contributed by atoms with van der Waals surface area (Å²) in [7, 11) is 0. The highest BCUT2D eigenvalue weighted by atomic mass is 127. The number of aryl methyl sites for hydroxylation is 1. The Morgan fingerprint density at radius 1 is 1.17 bits per heavy atom. The number of hydrogen-bond donors (Lipinski definition) is 3. The molecule has 1 heterocycles. The second kappa shape index (κ2) is 8.47. The molecule has 0 radical (unpaired) electrons. The lowest BCUT2D eigenvalue weighted by atomic mass is 10.3. The number of urea groups is 1. The average molecular weight is 424 g/mol. The maximum Gasteiger partial charge on any atom is 0.319 e. The lowest BCUT2D eigenvalue weighted by molar-refractivity contribution is -0.116. The zero-order chi connectivity index (χ0) is 16.7. The third-order valence-corrected chi connectivity index (χ3v) is 3.57. The highest BCUT2D eigenvalue weighted by Crippen LogP contribution is 2.12. The summed E-state index contributed by atoms with van der Waals surface area (Å²) in [6, 6.07) is 10.7. The quantitative estimate of drug-likeness (QED) is 0.645. The molecule has 1 aromatic heterocycles. The van der Waals surface area contributed by atoms with Crippen LogP contribution in [-0.2, 0) is 4.79 Å². The Morgan fingerprint density at radius 2 is 2.00 bits per heavy atom. The van der Waals surface area contributed by atoms with Gasteiger partial charge in [0.1, 0.15) is 5.82 Å². The Hall–Kier alpha value is -2.16. The number of carbonyl (C=O) groups excluding carboxylic acids is 2. The van der Waals surface area contributed by atoms with Gasteiger partial charge in [0.05, 0.1) is 0 Å². The molecule has 0 atom stereocenters. The average Bonchev–Trinajstić information content (AvgIpc) is 2.49. The van der Waals surface area contributed by atoms with E-state index < -0.39 is 0 Å². The number of pyridine rings is 1. The van der Waals surface area contributed by atoms with E-state index in [-0.39, 0.29) is 24.9 Å². The molecule has 3 N–H and O–H groups in total. The smallest absolute Gasteiger partial charge is 0.319 e. The highest BCUT2D eigenvalue weighted by Gasteiger charge is 2.05. The molecular weight excluding hydrogens is 407 g/mol. The van der Waals surface area contributed by atoms with Crippen LogP contribution in [0.3, 0.4) is 0 Å². The van der Waals surface area contributed by atoms with Crippen molar-refractivity contribution in [3.8, 4) is 0 Å². The molecule has 0 bridgehead atoms. The lowest BCUT2D eigenvalue weighted by Gasteiger charge is -2.08. The molecule has 2 rings (SSSR count). The van der Waals surface area contributed by atoms with E-state index in [1.54, 1.807) is 18.3 Å². The maximum atomic E-state index is 11.8. The van der Waals surface area contributed by atoms with E-state index in [4.69, 9.17) is 0 Å². The summed E-state index contributed by atoms with van der Waals surface area (Å²) in [6.45, 7) is 2.17. The summed E-state index contributed by atoms with van der Waals surface area (Å²) < 4.78 is 1.03. The van der Waals surface area contributed by atoms with Crippen LogP contribution in [0.2, 0.25) is 0 Å². The van der Waals surface area contributed by atoms with Crippen molar-refractivity contribution in [3.05, 3.63) is 51.7 Å². The number of anilines is 2. The Labute approximate surface area is 148 Å². The molecule has 7 heteroatoms. The fourth-order valence-corrected chi connectivity index (χ4v) is 2.32. The van der Waals surface area contributed by atoms with E-state index in [2.05, 4.69) is 43.5 Å². The molecule has 3 amide bonds. The van der Waals surface area contributed by atoms with Gasteiger partial charge in [-0.1, -0.05) is 12.1 Å². The number of halogens is 1. The summed E-state index contributed by atoms with van der Waals surface area (Å²) >= 11 is 2.17. The summed E-state index contributed by atoms with van der Waals surface area (Å²) in [5.74, 6) is 0.305. The molecule has 1 aromatic carbocycles. The molecule has 0 aliphatic heterocycles. The number of nitrogens with one attached hydrogen (secondary N) is 3. The number of amides is 3. The van der Waals surface area contributed by atoms with Crippen molar-refractivity contribution < 1.29 is 9.59 Å². The van der Waals surface area contributed by atoms with E-state index in [0.29, 0.717) is 11.5 Å². The van der Waals surface area contributed by atoms with Crippen molar-refractivity contribution in [1.29, 1.82) is 0 Å². The van der Waals surface area contributed by atoms with Crippen LogP contribution in [0.15, 0.2) is 42.6 Å². The monoisotopic (exact) mass is 424 g/mol. The van der Waals surface area contributed by atoms with Gasteiger partial charge in [-0.15, -0.1) is 0 Å². The molecule has 6 nitrogen and oxygen atoms in total. The summed E-state index contributed by atoms with van der Waals surface area (Å²) in [6.07, 6.45) is 1.86. The lowest BCUT2D eigenvalue weighted by Crippen LogP contribution is -2.31. The summed E-state index contributed by atoms with van der Waals surface area (Å²) in [5.41, 5.74) is 1.74. The Morgan fingerprint density at radius 3 is 2.70 bits per heavy atom. The molecular formula is C16H17IN4O2. The molecule has 0 fully saturated rings. The van der Waals surface area contributed by atoms with Gasteiger partial charge >= 0.3 is 6.03 Å². The first-order valence-corrected chi connectivity index (χ1v) is 8.14. The van der Waals surface area contributed by atoms with Crippen LogP contribution in [0.25, 0.3) is 0 Å². The normalized spacial score (nSPS) is 10.0. The van der Waals surface area contributed by atoms with Crippen LogP contribution in [0.4, 0.5) is 16.3 Å². The first kappa shape index (κ1) is 17.2. The molecule has 0 aliphatic rings. The molecule has 23 heavy (non-hydrogen) atoms. The van der Waals surface area contributed by atoms with Gasteiger partial charge in [-0.25, -0.2) is 9.78 Å². The van der Waals surface area contributed by atoms with Crippen molar-refractivity contribution in [2.45, 2.75) is 13.3 Å². The van der Waals surface area contributed by atoms with Crippen LogP contribution >= 0.6 is 22.6 Å². The summed E-state index contributed by atoms with van der Waals surface area (Å²) in [5, 5.41) is 8.03. The number of nitrogens with zero attached hydrogens (tertiary/aromatic N) is 1. The molecule has 0 saturated carbocycles. The van der Waals surface area contributed by atoms with Crippen LogP contribution in [0.1, 0.15) is 12.0 Å². The predicted octanol–water partition coefficient (Wildman–Crippen LogP) is 3.14. The van der Waals surface area contributed by atoms with Gasteiger partial charge in [0.2, 0.25) is 5.91 Å². The molecule has 120 valence electrons. The largest absolute Gasteiger partial charge is 0.337 e. The zero-order valence-electron chi connectivity index (χ0n) is 12.6. The first-order chi connectivity index (χ1) is 11.0. The minimum atomic E-state index is -0.340. The van der Waals surface area contributed by atoms with E-state index in [1.807, 2.05) is 31.2 Å². The maximum absolute atomic E-state index is 11.8. The first-order valence-electron chi connectivity index (χ1n) is 7.06. The minimum Gasteiger partial charge on any atom is -0.337 e. The van der Waals surface area contributed by atoms with Gasteiger partial charge in [-0.3, -0.25) is 4.79 Å². The van der Waals surface area contributed by atoms with Crippen molar-refractivity contribution in [1.82, 2.24) is 10.3 Å². The van der Waals surface area contributed by atoms with E-state index in [9.17, 15) is 9.59 Å². The van der Waals surface area contributed by atoms with Gasteiger partial charge in [0, 0.05) is 28.4 Å². The van der Waals surface area contributed by atoms with Crippen molar-refractivity contribution >= 4 is 46.0 Å². The van der Waals surface area contributed by atoms with Gasteiger partial charge in [-0.05, 0) is 59.3 Å². The van der Waals surface area contributed by atoms with Crippen molar-refractivity contribution in [3.63, 3.8) is 0 Å². The van der Waals surface area contributed by atoms with Gasteiger partial charge in [-0.2, -0.15) is 0 Å². The molecule has 0 unspecified atom stereocenters. The Balaban J connectivity index is 1.70. The second-order valence-corrected chi connectivity index (χ2v) is 6.16. The number of rotatable bonds is 5. The molecule has 0 saturated heterocycles. The third kappa shape index (κ3) is 6.23. The van der Waals surface area contributed by atoms with Crippen molar-refractivity contribution in [2.24, 2.45) is 0 Å². The summed E-state index contributed by atoms with van der Waals surface area (Å²) in [4.78, 5) is 27.6. The zero-order valence-corrected chi connectivity index (χ0v) is 14.8. The topological polar surface area (TPSA) is 83.1 Å². The third-order valence-electron chi connectivity index (χ3n) is 2.90. The van der Waals surface area contributed by atoms with Crippen LogP contribution in [0.5, 0.6) is 0 Å². The highest BCUT2D eigenvalue weighted by molar-refractivity contribution is 14.1. The number of benzene rings is 1. The standard InChI is InChI=1S/C16H17IN4O2/c1-11-5-6-14(19-10-11)21-15(22)7-8-18-16(23)20-13-4-2-3-12(17)9-13/h2-6,9-10H,7-8H2,1H3,(H2,18,20,23)(H,19,21,22). The van der Waals surface area contributed by atoms with Gasteiger partial charge < -0.3 is 16.0 Å². The fourth-order valence-electron chi connectivity index (χ4n) is 1.78. The van der Waals surface area contributed by atoms with E-state index in [0.717, 1.165) is 9.13 Å². The van der Waals surface area contributed by atoms with Crippen LogP contribution in [-0.4, -0.2) is 23.5 Å². The SMILES string of the molecule is Cc1ccc(NC(=O)CCNC(=O)Nc2cccc(I)c2)nc1. The Bertz CT molecular complexity index is 689. The van der Waals surface area contributed by atoms with Gasteiger partial charge in [0.15, 0.2) is 0 Å². The van der Waals surface area contributed by atoms with Crippen LogP contribution in [0, 0.1) is 10.5 Å². The Kier molecular flexibility index (Phi) is 6.33. The molecule has 0 spiro atoms. The minimum absolute atomic E-state index is 0.176. The van der Waals surface area contributed by atoms with E-state index >= 15 is 0 Å². The fraction of sp³-hybridized carbons (Fsp3) is 0.188. The molecule has 2 aromatic rings.